The van der Waals surface area contributed by atoms with Crippen LogP contribution in [-0.2, 0) is 11.2 Å². The summed E-state index contributed by atoms with van der Waals surface area (Å²) in [7, 11) is 0. The van der Waals surface area contributed by atoms with Crippen LogP contribution in [0.4, 0.5) is 11.4 Å². The van der Waals surface area contributed by atoms with Gasteiger partial charge in [-0.1, -0.05) is 43.2 Å². The van der Waals surface area contributed by atoms with Crippen LogP contribution in [0.25, 0.3) is 0 Å². The molecule has 34 heavy (non-hydrogen) atoms. The van der Waals surface area contributed by atoms with Gasteiger partial charge in [0.15, 0.2) is 6.10 Å². The van der Waals surface area contributed by atoms with E-state index in [1.54, 1.807) is 31.2 Å². The molecule has 0 aliphatic heterocycles. The smallest absolute Gasteiger partial charge is 0.265 e. The third-order valence-electron chi connectivity index (χ3n) is 5.75. The van der Waals surface area contributed by atoms with E-state index in [2.05, 4.69) is 17.6 Å². The minimum atomic E-state index is -0.689. The maximum absolute atomic E-state index is 12.7. The molecule has 0 aromatic heterocycles. The first kappa shape index (κ1) is 25.0. The minimum absolute atomic E-state index is 0.191. The molecule has 3 aromatic carbocycles. The number of aryl methyl sites for hydroxylation is 4. The number of rotatable bonds is 9. The zero-order chi connectivity index (χ0) is 24.7. The quantitative estimate of drug-likeness (QED) is 0.379. The van der Waals surface area contributed by atoms with Crippen LogP contribution >= 0.6 is 0 Å². The zero-order valence-electron chi connectivity index (χ0n) is 20.7. The SMILES string of the molecule is CCCCc1ccc(NC(=O)c2ccc(OC(C)C(=O)Nc3c(C)cc(C)cc3C)cc2)cc1. The molecule has 1 atom stereocenters. The molecule has 0 saturated carbocycles. The molecule has 0 bridgehead atoms. The average Bonchev–Trinajstić information content (AvgIpc) is 2.81. The van der Waals surface area contributed by atoms with Crippen molar-refractivity contribution in [3.63, 3.8) is 0 Å². The Kier molecular flexibility index (Phi) is 8.47. The Bertz CT molecular complexity index is 1110. The molecule has 0 aliphatic rings. The molecular formula is C29H34N2O3. The van der Waals surface area contributed by atoms with E-state index in [0.717, 1.165) is 47.3 Å². The van der Waals surface area contributed by atoms with E-state index in [0.29, 0.717) is 11.3 Å². The van der Waals surface area contributed by atoms with Crippen molar-refractivity contribution in [1.82, 2.24) is 0 Å². The van der Waals surface area contributed by atoms with Crippen molar-refractivity contribution in [3.8, 4) is 5.75 Å². The molecule has 5 heteroatoms. The summed E-state index contributed by atoms with van der Waals surface area (Å²) < 4.78 is 5.81. The number of anilines is 2. The monoisotopic (exact) mass is 458 g/mol. The Labute approximate surface area is 202 Å². The number of hydrogen-bond acceptors (Lipinski definition) is 3. The third kappa shape index (κ3) is 6.70. The predicted octanol–water partition coefficient (Wildman–Crippen LogP) is 6.61. The number of unbranched alkanes of at least 4 members (excludes halogenated alkanes) is 1. The molecule has 2 N–H and O–H groups in total. The Morgan fingerprint density at radius 1 is 0.882 bits per heavy atom. The summed E-state index contributed by atoms with van der Waals surface area (Å²) in [6.45, 7) is 9.87. The van der Waals surface area contributed by atoms with Crippen molar-refractivity contribution in [2.24, 2.45) is 0 Å². The molecule has 2 amide bonds. The zero-order valence-corrected chi connectivity index (χ0v) is 20.7. The van der Waals surface area contributed by atoms with Crippen LogP contribution in [-0.4, -0.2) is 17.9 Å². The van der Waals surface area contributed by atoms with Crippen LogP contribution in [0, 0.1) is 20.8 Å². The van der Waals surface area contributed by atoms with Gasteiger partial charge in [-0.3, -0.25) is 9.59 Å². The van der Waals surface area contributed by atoms with Crippen LogP contribution in [0.15, 0.2) is 60.7 Å². The van der Waals surface area contributed by atoms with Crippen molar-refractivity contribution in [1.29, 1.82) is 0 Å². The lowest BCUT2D eigenvalue weighted by Gasteiger charge is -2.18. The lowest BCUT2D eigenvalue weighted by Crippen LogP contribution is -2.30. The number of hydrogen-bond donors (Lipinski definition) is 2. The summed E-state index contributed by atoms with van der Waals surface area (Å²) in [6.07, 6.45) is 2.68. The van der Waals surface area contributed by atoms with Crippen LogP contribution in [0.2, 0.25) is 0 Å². The molecule has 0 heterocycles. The van der Waals surface area contributed by atoms with Gasteiger partial charge in [0.1, 0.15) is 5.75 Å². The standard InChI is InChI=1S/C29H34N2O3/c1-6-7-8-23-9-13-25(14-10-23)30-29(33)24-11-15-26(16-12-24)34-22(5)28(32)31-27-20(3)17-19(2)18-21(27)4/h9-18,22H,6-8H2,1-5H3,(H,30,33)(H,31,32). The van der Waals surface area contributed by atoms with Gasteiger partial charge in [-0.05, 0) is 93.6 Å². The normalized spacial score (nSPS) is 11.6. The van der Waals surface area contributed by atoms with E-state index >= 15 is 0 Å². The highest BCUT2D eigenvalue weighted by atomic mass is 16.5. The number of carbonyl (C=O) groups is 2. The minimum Gasteiger partial charge on any atom is -0.481 e. The van der Waals surface area contributed by atoms with E-state index in [4.69, 9.17) is 4.74 Å². The van der Waals surface area contributed by atoms with Gasteiger partial charge in [-0.2, -0.15) is 0 Å². The van der Waals surface area contributed by atoms with E-state index in [1.807, 2.05) is 57.2 Å². The fourth-order valence-electron chi connectivity index (χ4n) is 3.88. The van der Waals surface area contributed by atoms with Crippen molar-refractivity contribution in [3.05, 3.63) is 88.5 Å². The largest absolute Gasteiger partial charge is 0.481 e. The lowest BCUT2D eigenvalue weighted by molar-refractivity contribution is -0.122. The maximum atomic E-state index is 12.7. The Balaban J connectivity index is 1.56. The van der Waals surface area contributed by atoms with E-state index in [9.17, 15) is 9.59 Å². The summed E-state index contributed by atoms with van der Waals surface area (Å²) in [5.41, 5.74) is 6.56. The fraction of sp³-hybridized carbons (Fsp3) is 0.310. The van der Waals surface area contributed by atoms with Crippen molar-refractivity contribution < 1.29 is 14.3 Å². The Hall–Kier alpha value is -3.60. The highest BCUT2D eigenvalue weighted by molar-refractivity contribution is 6.04. The van der Waals surface area contributed by atoms with Crippen LogP contribution in [0.3, 0.4) is 0 Å². The molecule has 0 saturated heterocycles. The Morgan fingerprint density at radius 2 is 1.50 bits per heavy atom. The molecule has 0 radical (unpaired) electrons. The first-order valence-electron chi connectivity index (χ1n) is 11.8. The van der Waals surface area contributed by atoms with Gasteiger partial charge < -0.3 is 15.4 Å². The van der Waals surface area contributed by atoms with Crippen LogP contribution in [0.5, 0.6) is 5.75 Å². The molecule has 0 spiro atoms. The molecule has 3 aromatic rings. The molecule has 5 nitrogen and oxygen atoms in total. The fourth-order valence-corrected chi connectivity index (χ4v) is 3.88. The van der Waals surface area contributed by atoms with Gasteiger partial charge in [0.05, 0.1) is 0 Å². The molecule has 3 rings (SSSR count). The lowest BCUT2D eigenvalue weighted by atomic mass is 10.0. The predicted molar refractivity (Wildman–Crippen MR) is 139 cm³/mol. The first-order valence-corrected chi connectivity index (χ1v) is 11.8. The van der Waals surface area contributed by atoms with E-state index in [-0.39, 0.29) is 11.8 Å². The van der Waals surface area contributed by atoms with Crippen molar-refractivity contribution >= 4 is 23.2 Å². The number of carbonyl (C=O) groups excluding carboxylic acids is 2. The van der Waals surface area contributed by atoms with Crippen molar-refractivity contribution in [2.75, 3.05) is 10.6 Å². The number of benzene rings is 3. The summed E-state index contributed by atoms with van der Waals surface area (Å²) in [6, 6.07) is 18.8. The van der Waals surface area contributed by atoms with Crippen molar-refractivity contribution in [2.45, 2.75) is 60.0 Å². The highest BCUT2D eigenvalue weighted by Crippen LogP contribution is 2.23. The van der Waals surface area contributed by atoms with Crippen LogP contribution < -0.4 is 15.4 Å². The summed E-state index contributed by atoms with van der Waals surface area (Å²) >= 11 is 0. The van der Waals surface area contributed by atoms with E-state index < -0.39 is 6.10 Å². The summed E-state index contributed by atoms with van der Waals surface area (Å²) in [5, 5.41) is 5.89. The molecule has 0 fully saturated rings. The second-order valence-corrected chi connectivity index (χ2v) is 8.80. The molecule has 0 aliphatic carbocycles. The van der Waals surface area contributed by atoms with E-state index in [1.165, 1.54) is 5.56 Å². The molecule has 1 unspecified atom stereocenters. The summed E-state index contributed by atoms with van der Waals surface area (Å²) in [4.78, 5) is 25.3. The first-order chi connectivity index (χ1) is 16.3. The van der Waals surface area contributed by atoms with Gasteiger partial charge in [-0.25, -0.2) is 0 Å². The highest BCUT2D eigenvalue weighted by Gasteiger charge is 2.17. The maximum Gasteiger partial charge on any atom is 0.265 e. The molecule has 178 valence electrons. The van der Waals surface area contributed by atoms with Gasteiger partial charge in [-0.15, -0.1) is 0 Å². The Morgan fingerprint density at radius 3 is 2.09 bits per heavy atom. The number of nitrogens with one attached hydrogen (secondary N) is 2. The third-order valence-corrected chi connectivity index (χ3v) is 5.75. The second kappa shape index (κ2) is 11.5. The van der Waals surface area contributed by atoms with Gasteiger partial charge in [0, 0.05) is 16.9 Å². The number of amides is 2. The average molecular weight is 459 g/mol. The van der Waals surface area contributed by atoms with Gasteiger partial charge in [0.25, 0.3) is 11.8 Å². The van der Waals surface area contributed by atoms with Gasteiger partial charge >= 0.3 is 0 Å². The summed E-state index contributed by atoms with van der Waals surface area (Å²) in [5.74, 6) is 0.111. The van der Waals surface area contributed by atoms with Crippen LogP contribution in [0.1, 0.15) is 59.3 Å². The van der Waals surface area contributed by atoms with Gasteiger partial charge in [0.2, 0.25) is 0 Å². The number of ether oxygens (including phenoxy) is 1. The molecular weight excluding hydrogens is 424 g/mol. The topological polar surface area (TPSA) is 67.4 Å². The second-order valence-electron chi connectivity index (χ2n) is 8.80.